The van der Waals surface area contributed by atoms with Crippen LogP contribution in [0.25, 0.3) is 0 Å². The van der Waals surface area contributed by atoms with Crippen molar-refractivity contribution in [3.63, 3.8) is 0 Å². The molecule has 0 aliphatic heterocycles. The van der Waals surface area contributed by atoms with Crippen molar-refractivity contribution in [3.05, 3.63) is 35.5 Å². The first kappa shape index (κ1) is 18.2. The van der Waals surface area contributed by atoms with Gasteiger partial charge in [0.05, 0.1) is 20.3 Å². The molecule has 0 saturated heterocycles. The topological polar surface area (TPSA) is 93.7 Å². The van der Waals surface area contributed by atoms with Crippen molar-refractivity contribution in [1.82, 2.24) is 0 Å². The van der Waals surface area contributed by atoms with Gasteiger partial charge in [-0.25, -0.2) is 9.59 Å². The third kappa shape index (κ3) is 5.46. The summed E-state index contributed by atoms with van der Waals surface area (Å²) in [5.41, 5.74) is 1.88. The second-order valence-electron chi connectivity index (χ2n) is 4.63. The van der Waals surface area contributed by atoms with E-state index in [0.717, 1.165) is 11.6 Å². The lowest BCUT2D eigenvalue weighted by molar-refractivity contribution is -0.138. The van der Waals surface area contributed by atoms with Gasteiger partial charge in [0.15, 0.2) is 0 Å². The van der Waals surface area contributed by atoms with Gasteiger partial charge >= 0.3 is 11.9 Å². The number of amides is 1. The molecule has 23 heavy (non-hydrogen) atoms. The highest BCUT2D eigenvalue weighted by atomic mass is 16.5. The summed E-state index contributed by atoms with van der Waals surface area (Å²) in [4.78, 5) is 34.6. The van der Waals surface area contributed by atoms with E-state index in [2.05, 4.69) is 20.1 Å². The summed E-state index contributed by atoms with van der Waals surface area (Å²) in [7, 11) is 2.42. The van der Waals surface area contributed by atoms with Crippen LogP contribution in [0, 0.1) is 6.92 Å². The van der Waals surface area contributed by atoms with Crippen LogP contribution in [0.15, 0.2) is 30.0 Å². The maximum absolute atomic E-state index is 11.8. The van der Waals surface area contributed by atoms with E-state index in [-0.39, 0.29) is 11.6 Å². The quantitative estimate of drug-likeness (QED) is 0.615. The Hall–Kier alpha value is -2.83. The van der Waals surface area contributed by atoms with Crippen molar-refractivity contribution in [2.75, 3.05) is 24.9 Å². The minimum atomic E-state index is -0.710. The number of anilines is 2. The third-order valence-corrected chi connectivity index (χ3v) is 2.98. The van der Waals surface area contributed by atoms with Crippen LogP contribution < -0.4 is 10.6 Å². The Morgan fingerprint density at radius 3 is 2.39 bits per heavy atom. The van der Waals surface area contributed by atoms with Gasteiger partial charge < -0.3 is 20.1 Å². The molecular formula is C16H20N2O5. The van der Waals surface area contributed by atoms with Crippen molar-refractivity contribution in [2.45, 2.75) is 20.3 Å². The Morgan fingerprint density at radius 1 is 1.13 bits per heavy atom. The molecule has 0 spiro atoms. The van der Waals surface area contributed by atoms with E-state index in [0.29, 0.717) is 17.8 Å². The van der Waals surface area contributed by atoms with Crippen molar-refractivity contribution < 1.29 is 23.9 Å². The predicted molar refractivity (Wildman–Crippen MR) is 85.8 cm³/mol. The van der Waals surface area contributed by atoms with Crippen LogP contribution in [-0.2, 0) is 23.9 Å². The summed E-state index contributed by atoms with van der Waals surface area (Å²) in [6.07, 6.45) is 1.36. The normalized spacial score (nSPS) is 10.7. The minimum Gasteiger partial charge on any atom is -0.466 e. The van der Waals surface area contributed by atoms with E-state index in [9.17, 15) is 14.4 Å². The predicted octanol–water partition coefficient (Wildman–Crippen LogP) is 1.99. The first-order valence-electron chi connectivity index (χ1n) is 6.96. The van der Waals surface area contributed by atoms with Crippen molar-refractivity contribution in [3.8, 4) is 0 Å². The van der Waals surface area contributed by atoms with Crippen LogP contribution in [0.3, 0.4) is 0 Å². The zero-order valence-corrected chi connectivity index (χ0v) is 13.6. The lowest BCUT2D eigenvalue weighted by Crippen LogP contribution is -2.16. The lowest BCUT2D eigenvalue weighted by atomic mass is 10.1. The second-order valence-corrected chi connectivity index (χ2v) is 4.63. The molecule has 0 radical (unpaired) electrons. The lowest BCUT2D eigenvalue weighted by Gasteiger charge is -2.13. The molecule has 0 saturated carbocycles. The van der Waals surface area contributed by atoms with Crippen LogP contribution in [-0.4, -0.2) is 32.1 Å². The number of aryl methyl sites for hydroxylation is 1. The third-order valence-electron chi connectivity index (χ3n) is 2.98. The number of hydrogen-bond acceptors (Lipinski definition) is 6. The first-order valence-corrected chi connectivity index (χ1v) is 6.96. The Kier molecular flexibility index (Phi) is 6.79. The van der Waals surface area contributed by atoms with E-state index in [4.69, 9.17) is 0 Å². The van der Waals surface area contributed by atoms with Crippen molar-refractivity contribution >= 4 is 29.2 Å². The number of benzene rings is 1. The van der Waals surface area contributed by atoms with Gasteiger partial charge in [0, 0.05) is 17.8 Å². The summed E-state index contributed by atoms with van der Waals surface area (Å²) in [5.74, 6) is -1.53. The molecule has 0 atom stereocenters. The first-order chi connectivity index (χ1) is 10.9. The van der Waals surface area contributed by atoms with Crippen molar-refractivity contribution in [1.29, 1.82) is 0 Å². The fraction of sp³-hybridized carbons (Fsp3) is 0.312. The van der Waals surface area contributed by atoms with Gasteiger partial charge in [-0.15, -0.1) is 0 Å². The smallest absolute Gasteiger partial charge is 0.354 e. The molecule has 0 bridgehead atoms. The number of carbonyl (C=O) groups excluding carboxylic acids is 3. The number of rotatable bonds is 6. The molecule has 0 unspecified atom stereocenters. The Labute approximate surface area is 134 Å². The number of nitrogens with one attached hydrogen (secondary N) is 2. The molecule has 0 aromatic heterocycles. The largest absolute Gasteiger partial charge is 0.466 e. The maximum Gasteiger partial charge on any atom is 0.354 e. The maximum atomic E-state index is 11.8. The SMILES string of the molecule is CCC(=O)Nc1ccc(C)c(N/C(=C/C(=O)OC)C(=O)OC)c1. The van der Waals surface area contributed by atoms with Crippen LogP contribution in [0.2, 0.25) is 0 Å². The van der Waals surface area contributed by atoms with Gasteiger partial charge in [-0.05, 0) is 24.6 Å². The van der Waals surface area contributed by atoms with E-state index in [1.807, 2.05) is 6.92 Å². The van der Waals surface area contributed by atoms with E-state index >= 15 is 0 Å². The van der Waals surface area contributed by atoms with Crippen LogP contribution in [0.5, 0.6) is 0 Å². The molecule has 7 heteroatoms. The summed E-state index contributed by atoms with van der Waals surface area (Å²) in [5, 5.41) is 5.55. The van der Waals surface area contributed by atoms with Gasteiger partial charge in [0.1, 0.15) is 5.70 Å². The molecule has 0 aliphatic carbocycles. The molecule has 0 aliphatic rings. The monoisotopic (exact) mass is 320 g/mol. The van der Waals surface area contributed by atoms with Gasteiger partial charge in [-0.3, -0.25) is 4.79 Å². The zero-order valence-electron chi connectivity index (χ0n) is 13.6. The zero-order chi connectivity index (χ0) is 17.4. The van der Waals surface area contributed by atoms with Gasteiger partial charge in [-0.1, -0.05) is 13.0 Å². The second kappa shape index (κ2) is 8.57. The number of methoxy groups -OCH3 is 2. The van der Waals surface area contributed by atoms with Crippen LogP contribution >= 0.6 is 0 Å². The molecule has 124 valence electrons. The Morgan fingerprint density at radius 2 is 1.83 bits per heavy atom. The van der Waals surface area contributed by atoms with Gasteiger partial charge in [0.25, 0.3) is 0 Å². The van der Waals surface area contributed by atoms with E-state index in [1.54, 1.807) is 25.1 Å². The Balaban J connectivity index is 3.10. The number of ether oxygens (including phenoxy) is 2. The molecule has 0 fully saturated rings. The highest BCUT2D eigenvalue weighted by molar-refractivity contribution is 5.99. The fourth-order valence-electron chi connectivity index (χ4n) is 1.66. The molecule has 1 aromatic rings. The molecule has 7 nitrogen and oxygen atoms in total. The summed E-state index contributed by atoms with van der Waals surface area (Å²) in [6, 6.07) is 5.19. The van der Waals surface area contributed by atoms with Gasteiger partial charge in [-0.2, -0.15) is 0 Å². The Bertz CT molecular complexity index is 637. The van der Waals surface area contributed by atoms with Crippen LogP contribution in [0.4, 0.5) is 11.4 Å². The molecular weight excluding hydrogens is 300 g/mol. The summed E-state index contributed by atoms with van der Waals surface area (Å²) >= 11 is 0. The summed E-state index contributed by atoms with van der Waals surface area (Å²) < 4.78 is 9.15. The minimum absolute atomic E-state index is 0.0681. The molecule has 1 rings (SSSR count). The highest BCUT2D eigenvalue weighted by Gasteiger charge is 2.14. The number of esters is 2. The highest BCUT2D eigenvalue weighted by Crippen LogP contribution is 2.22. The molecule has 2 N–H and O–H groups in total. The fourth-order valence-corrected chi connectivity index (χ4v) is 1.66. The van der Waals surface area contributed by atoms with Gasteiger partial charge in [0.2, 0.25) is 5.91 Å². The molecule has 1 amide bonds. The average Bonchev–Trinajstić information content (AvgIpc) is 2.55. The number of hydrogen-bond donors (Lipinski definition) is 2. The van der Waals surface area contributed by atoms with Crippen LogP contribution in [0.1, 0.15) is 18.9 Å². The number of carbonyl (C=O) groups is 3. The standard InChI is InChI=1S/C16H20N2O5/c1-5-14(19)17-11-7-6-10(2)12(8-11)18-13(16(21)23-4)9-15(20)22-3/h6-9,18H,5H2,1-4H3,(H,17,19)/b13-9+. The van der Waals surface area contributed by atoms with E-state index in [1.165, 1.54) is 14.2 Å². The summed E-state index contributed by atoms with van der Waals surface area (Å²) in [6.45, 7) is 3.57. The average molecular weight is 320 g/mol. The molecule has 0 heterocycles. The molecule has 1 aromatic carbocycles. The van der Waals surface area contributed by atoms with Crippen molar-refractivity contribution in [2.24, 2.45) is 0 Å². The van der Waals surface area contributed by atoms with E-state index < -0.39 is 11.9 Å².